The number of ether oxygens (including phenoxy) is 1. The highest BCUT2D eigenvalue weighted by molar-refractivity contribution is 7.99. The largest absolute Gasteiger partial charge is 0.394 e. The first-order valence-electron chi connectivity index (χ1n) is 6.01. The van der Waals surface area contributed by atoms with Crippen LogP contribution in [0.4, 0.5) is 0 Å². The summed E-state index contributed by atoms with van der Waals surface area (Å²) in [7, 11) is 0. The Labute approximate surface area is 107 Å². The second-order valence-electron chi connectivity index (χ2n) is 4.14. The predicted molar refractivity (Wildman–Crippen MR) is 70.4 cm³/mol. The van der Waals surface area contributed by atoms with Crippen molar-refractivity contribution in [2.75, 3.05) is 38.6 Å². The molecule has 1 aliphatic heterocycles. The first-order chi connectivity index (χ1) is 8.38. The maximum absolute atomic E-state index is 9.06. The molecule has 0 saturated carbocycles. The lowest BCUT2D eigenvalue weighted by Crippen LogP contribution is -2.44. The van der Waals surface area contributed by atoms with Crippen molar-refractivity contribution in [1.29, 1.82) is 0 Å². The van der Waals surface area contributed by atoms with Gasteiger partial charge in [-0.3, -0.25) is 4.90 Å². The Hall–Kier alpha value is -0.550. The van der Waals surface area contributed by atoms with E-state index in [9.17, 15) is 0 Å². The summed E-state index contributed by atoms with van der Waals surface area (Å²) in [5, 5.41) is 9.06. The first-order valence-corrected chi connectivity index (χ1v) is 6.99. The molecule has 17 heavy (non-hydrogen) atoms. The van der Waals surface area contributed by atoms with Gasteiger partial charge in [0.25, 0.3) is 0 Å². The topological polar surface area (TPSA) is 32.7 Å². The van der Waals surface area contributed by atoms with E-state index in [-0.39, 0.29) is 12.7 Å². The van der Waals surface area contributed by atoms with Crippen LogP contribution in [0.2, 0.25) is 0 Å². The molecule has 0 radical (unpaired) electrons. The minimum Gasteiger partial charge on any atom is -0.394 e. The number of hydrogen-bond acceptors (Lipinski definition) is 4. The van der Waals surface area contributed by atoms with Gasteiger partial charge < -0.3 is 9.84 Å². The Kier molecular flexibility index (Phi) is 5.32. The standard InChI is InChI=1S/C13H19NO2S/c15-11-12-10-14(6-8-16-12)7-9-17-13-4-2-1-3-5-13/h1-5,12,15H,6-11H2. The molecule has 1 aromatic carbocycles. The number of aliphatic hydroxyl groups is 1. The van der Waals surface area contributed by atoms with Crippen LogP contribution in [-0.4, -0.2) is 54.7 Å². The van der Waals surface area contributed by atoms with Crippen molar-refractivity contribution in [2.45, 2.75) is 11.0 Å². The smallest absolute Gasteiger partial charge is 0.0932 e. The number of morpholine rings is 1. The van der Waals surface area contributed by atoms with E-state index in [4.69, 9.17) is 9.84 Å². The van der Waals surface area contributed by atoms with Crippen molar-refractivity contribution in [2.24, 2.45) is 0 Å². The molecule has 94 valence electrons. The van der Waals surface area contributed by atoms with Crippen molar-refractivity contribution >= 4 is 11.8 Å². The fourth-order valence-electron chi connectivity index (χ4n) is 1.90. The van der Waals surface area contributed by atoms with E-state index in [2.05, 4.69) is 29.2 Å². The molecule has 1 saturated heterocycles. The van der Waals surface area contributed by atoms with Gasteiger partial charge in [-0.15, -0.1) is 11.8 Å². The lowest BCUT2D eigenvalue weighted by Gasteiger charge is -2.31. The normalized spacial score (nSPS) is 21.6. The van der Waals surface area contributed by atoms with E-state index in [1.165, 1.54) is 4.90 Å². The van der Waals surface area contributed by atoms with Gasteiger partial charge in [0.2, 0.25) is 0 Å². The van der Waals surface area contributed by atoms with Crippen molar-refractivity contribution in [1.82, 2.24) is 4.90 Å². The molecule has 4 heteroatoms. The maximum atomic E-state index is 9.06. The van der Waals surface area contributed by atoms with Crippen LogP contribution in [0.5, 0.6) is 0 Å². The second kappa shape index (κ2) is 7.01. The van der Waals surface area contributed by atoms with Gasteiger partial charge in [0.1, 0.15) is 0 Å². The molecule has 0 bridgehead atoms. The minimum atomic E-state index is 0.00507. The van der Waals surface area contributed by atoms with Gasteiger partial charge in [-0.2, -0.15) is 0 Å². The van der Waals surface area contributed by atoms with E-state index in [0.717, 1.165) is 32.0 Å². The summed E-state index contributed by atoms with van der Waals surface area (Å²) in [5.74, 6) is 1.09. The van der Waals surface area contributed by atoms with E-state index in [0.29, 0.717) is 0 Å². The molecule has 3 nitrogen and oxygen atoms in total. The van der Waals surface area contributed by atoms with E-state index >= 15 is 0 Å². The summed E-state index contributed by atoms with van der Waals surface area (Å²) in [6, 6.07) is 10.5. The molecule has 1 fully saturated rings. The summed E-state index contributed by atoms with van der Waals surface area (Å²) in [5.41, 5.74) is 0. The third-order valence-corrected chi connectivity index (χ3v) is 3.84. The molecule has 1 N–H and O–H groups in total. The van der Waals surface area contributed by atoms with Crippen LogP contribution in [0.25, 0.3) is 0 Å². The van der Waals surface area contributed by atoms with Gasteiger partial charge in [0, 0.05) is 30.3 Å². The molecule has 1 heterocycles. The molecule has 1 aromatic rings. The third kappa shape index (κ3) is 4.32. The molecule has 0 spiro atoms. The van der Waals surface area contributed by atoms with Crippen LogP contribution in [0, 0.1) is 0 Å². The molecule has 1 unspecified atom stereocenters. The maximum Gasteiger partial charge on any atom is 0.0932 e. The van der Waals surface area contributed by atoms with Crippen LogP contribution >= 0.6 is 11.8 Å². The van der Waals surface area contributed by atoms with Gasteiger partial charge >= 0.3 is 0 Å². The number of aliphatic hydroxyl groups excluding tert-OH is 1. The van der Waals surface area contributed by atoms with Crippen molar-refractivity contribution in [3.8, 4) is 0 Å². The fraction of sp³-hybridized carbons (Fsp3) is 0.538. The van der Waals surface area contributed by atoms with Gasteiger partial charge in [0.05, 0.1) is 19.3 Å². The van der Waals surface area contributed by atoms with Crippen LogP contribution in [-0.2, 0) is 4.74 Å². The number of nitrogens with zero attached hydrogens (tertiary/aromatic N) is 1. The quantitative estimate of drug-likeness (QED) is 0.806. The molecule has 2 rings (SSSR count). The average Bonchev–Trinajstić information content (AvgIpc) is 2.40. The highest BCUT2D eigenvalue weighted by Gasteiger charge is 2.18. The van der Waals surface area contributed by atoms with E-state index < -0.39 is 0 Å². The summed E-state index contributed by atoms with van der Waals surface area (Å²) in [4.78, 5) is 3.68. The Morgan fingerprint density at radius 3 is 2.94 bits per heavy atom. The highest BCUT2D eigenvalue weighted by Crippen LogP contribution is 2.17. The van der Waals surface area contributed by atoms with Gasteiger partial charge in [-0.05, 0) is 12.1 Å². The molecular formula is C13H19NO2S. The zero-order valence-corrected chi connectivity index (χ0v) is 10.7. The molecular weight excluding hydrogens is 234 g/mol. The van der Waals surface area contributed by atoms with Gasteiger partial charge in [-0.25, -0.2) is 0 Å². The molecule has 1 aliphatic rings. The summed E-state index contributed by atoms with van der Waals surface area (Å²) in [6.45, 7) is 3.75. The zero-order valence-electron chi connectivity index (χ0n) is 9.92. The Morgan fingerprint density at radius 2 is 2.18 bits per heavy atom. The lowest BCUT2D eigenvalue weighted by atomic mass is 10.3. The molecule has 0 aliphatic carbocycles. The monoisotopic (exact) mass is 253 g/mol. The third-order valence-electron chi connectivity index (χ3n) is 2.85. The molecule has 0 amide bonds. The SMILES string of the molecule is OCC1CN(CCSc2ccccc2)CCO1. The number of rotatable bonds is 5. The Bertz CT molecular complexity index is 320. The number of hydrogen-bond donors (Lipinski definition) is 1. The van der Waals surface area contributed by atoms with Crippen LogP contribution in [0.1, 0.15) is 0 Å². The first kappa shape index (κ1) is 12.9. The van der Waals surface area contributed by atoms with Crippen molar-refractivity contribution in [3.63, 3.8) is 0 Å². The number of benzene rings is 1. The van der Waals surface area contributed by atoms with Crippen molar-refractivity contribution in [3.05, 3.63) is 30.3 Å². The van der Waals surface area contributed by atoms with E-state index in [1.807, 2.05) is 17.8 Å². The number of thioether (sulfide) groups is 1. The highest BCUT2D eigenvalue weighted by atomic mass is 32.2. The minimum absolute atomic E-state index is 0.00507. The average molecular weight is 253 g/mol. The molecule has 0 aromatic heterocycles. The van der Waals surface area contributed by atoms with Gasteiger partial charge in [0.15, 0.2) is 0 Å². The summed E-state index contributed by atoms with van der Waals surface area (Å²) >= 11 is 1.88. The zero-order chi connectivity index (χ0) is 11.9. The van der Waals surface area contributed by atoms with Gasteiger partial charge in [-0.1, -0.05) is 18.2 Å². The summed E-state index contributed by atoms with van der Waals surface area (Å²) < 4.78 is 5.42. The summed E-state index contributed by atoms with van der Waals surface area (Å²) in [6.07, 6.45) is 0.00507. The second-order valence-corrected chi connectivity index (χ2v) is 5.31. The van der Waals surface area contributed by atoms with E-state index in [1.54, 1.807) is 0 Å². The lowest BCUT2D eigenvalue weighted by molar-refractivity contribution is -0.0509. The molecule has 1 atom stereocenters. The predicted octanol–water partition coefficient (Wildman–Crippen LogP) is 1.47. The van der Waals surface area contributed by atoms with Crippen LogP contribution in [0.15, 0.2) is 35.2 Å². The Morgan fingerprint density at radius 1 is 1.35 bits per heavy atom. The Balaban J connectivity index is 1.68. The van der Waals surface area contributed by atoms with Crippen LogP contribution in [0.3, 0.4) is 0 Å². The van der Waals surface area contributed by atoms with Crippen LogP contribution < -0.4 is 0 Å². The fourth-order valence-corrected chi connectivity index (χ4v) is 2.84. The van der Waals surface area contributed by atoms with Crippen molar-refractivity contribution < 1.29 is 9.84 Å².